The van der Waals surface area contributed by atoms with Gasteiger partial charge in [-0.3, -0.25) is 14.9 Å². The van der Waals surface area contributed by atoms with Crippen molar-refractivity contribution in [2.45, 2.75) is 13.8 Å². The lowest BCUT2D eigenvalue weighted by Crippen LogP contribution is -2.13. The van der Waals surface area contributed by atoms with Gasteiger partial charge in [0.05, 0.1) is 11.5 Å². The van der Waals surface area contributed by atoms with Gasteiger partial charge >= 0.3 is 5.69 Å². The molecule has 0 spiro atoms. The predicted molar refractivity (Wildman–Crippen MR) is 71.3 cm³/mol. The number of aryl methyl sites for hydroxylation is 1. The molecule has 21 heavy (non-hydrogen) atoms. The number of rotatable bonds is 5. The summed E-state index contributed by atoms with van der Waals surface area (Å²) >= 11 is 0. The zero-order valence-corrected chi connectivity index (χ0v) is 11.3. The van der Waals surface area contributed by atoms with Crippen molar-refractivity contribution in [3.8, 4) is 5.75 Å². The zero-order valence-electron chi connectivity index (χ0n) is 11.3. The first-order valence-corrected chi connectivity index (χ1v) is 6.04. The van der Waals surface area contributed by atoms with Crippen molar-refractivity contribution in [3.63, 3.8) is 0 Å². The van der Waals surface area contributed by atoms with Crippen molar-refractivity contribution >= 4 is 17.4 Å². The molecule has 0 bridgehead atoms. The van der Waals surface area contributed by atoms with Gasteiger partial charge in [0.15, 0.2) is 5.75 Å². The van der Waals surface area contributed by atoms with E-state index in [1.165, 1.54) is 12.1 Å². The predicted octanol–water partition coefficient (Wildman–Crippen LogP) is 1.94. The molecule has 110 valence electrons. The van der Waals surface area contributed by atoms with Gasteiger partial charge in [0.1, 0.15) is 5.69 Å². The standard InChI is InChI=1S/C12H12N4O5/c1-3-20-10-5-4-8(6-9(10)16(18)19)12(17)13-11-7(2)14-21-15-11/h4-6H,3H2,1-2H3,(H,13,15,17). The Morgan fingerprint density at radius 3 is 2.81 bits per heavy atom. The van der Waals surface area contributed by atoms with E-state index >= 15 is 0 Å². The molecule has 0 aliphatic heterocycles. The minimum atomic E-state index is -0.606. The van der Waals surface area contributed by atoms with Crippen LogP contribution in [0.3, 0.4) is 0 Å². The highest BCUT2D eigenvalue weighted by atomic mass is 16.6. The lowest BCUT2D eigenvalue weighted by atomic mass is 10.1. The number of nitro groups is 1. The normalized spacial score (nSPS) is 10.2. The number of nitro benzene ring substituents is 1. The van der Waals surface area contributed by atoms with Crippen LogP contribution in [0.2, 0.25) is 0 Å². The highest BCUT2D eigenvalue weighted by molar-refractivity contribution is 6.04. The molecule has 0 atom stereocenters. The second-order valence-corrected chi connectivity index (χ2v) is 4.02. The van der Waals surface area contributed by atoms with Crippen molar-refractivity contribution in [1.82, 2.24) is 10.3 Å². The average Bonchev–Trinajstić information content (AvgIpc) is 2.84. The Morgan fingerprint density at radius 1 is 1.48 bits per heavy atom. The molecular formula is C12H12N4O5. The van der Waals surface area contributed by atoms with Crippen molar-refractivity contribution in [2.75, 3.05) is 11.9 Å². The summed E-state index contributed by atoms with van der Waals surface area (Å²) in [7, 11) is 0. The minimum Gasteiger partial charge on any atom is -0.487 e. The fraction of sp³-hybridized carbons (Fsp3) is 0.250. The van der Waals surface area contributed by atoms with Crippen LogP contribution in [0.1, 0.15) is 23.0 Å². The van der Waals surface area contributed by atoms with Crippen LogP contribution >= 0.6 is 0 Å². The maximum Gasteiger partial charge on any atom is 0.311 e. The SMILES string of the molecule is CCOc1ccc(C(=O)Nc2nonc2C)cc1[N+](=O)[O-]. The second kappa shape index (κ2) is 5.99. The number of amides is 1. The monoisotopic (exact) mass is 292 g/mol. The molecule has 0 fully saturated rings. The van der Waals surface area contributed by atoms with E-state index in [4.69, 9.17) is 4.74 Å². The van der Waals surface area contributed by atoms with Gasteiger partial charge in [-0.2, -0.15) is 0 Å². The first-order chi connectivity index (χ1) is 10.0. The molecule has 2 rings (SSSR count). The fourth-order valence-electron chi connectivity index (χ4n) is 1.60. The summed E-state index contributed by atoms with van der Waals surface area (Å²) in [4.78, 5) is 22.4. The van der Waals surface area contributed by atoms with E-state index in [0.717, 1.165) is 6.07 Å². The van der Waals surface area contributed by atoms with Gasteiger partial charge in [-0.15, -0.1) is 0 Å². The summed E-state index contributed by atoms with van der Waals surface area (Å²) in [5.74, 6) is -0.283. The van der Waals surface area contributed by atoms with Gasteiger partial charge in [0.25, 0.3) is 5.91 Å². The van der Waals surface area contributed by atoms with E-state index in [2.05, 4.69) is 20.3 Å². The number of carbonyl (C=O) groups excluding carboxylic acids is 1. The van der Waals surface area contributed by atoms with E-state index in [1.807, 2.05) is 0 Å². The zero-order chi connectivity index (χ0) is 15.4. The number of anilines is 1. The van der Waals surface area contributed by atoms with Crippen LogP contribution in [0.15, 0.2) is 22.8 Å². The van der Waals surface area contributed by atoms with Crippen molar-refractivity contribution in [1.29, 1.82) is 0 Å². The third kappa shape index (κ3) is 3.14. The Balaban J connectivity index is 2.27. The molecule has 0 radical (unpaired) electrons. The van der Waals surface area contributed by atoms with Gasteiger partial charge in [-0.05, 0) is 31.1 Å². The highest BCUT2D eigenvalue weighted by Crippen LogP contribution is 2.28. The Bertz CT molecular complexity index is 682. The topological polar surface area (TPSA) is 120 Å². The Morgan fingerprint density at radius 2 is 2.24 bits per heavy atom. The highest BCUT2D eigenvalue weighted by Gasteiger charge is 2.19. The molecule has 0 aliphatic rings. The van der Waals surface area contributed by atoms with E-state index in [-0.39, 0.29) is 29.4 Å². The Hall–Kier alpha value is -2.97. The van der Waals surface area contributed by atoms with Gasteiger partial charge in [-0.25, -0.2) is 4.63 Å². The smallest absolute Gasteiger partial charge is 0.311 e. The second-order valence-electron chi connectivity index (χ2n) is 4.02. The number of benzene rings is 1. The van der Waals surface area contributed by atoms with E-state index < -0.39 is 10.8 Å². The summed E-state index contributed by atoms with van der Waals surface area (Å²) in [6.07, 6.45) is 0. The van der Waals surface area contributed by atoms with E-state index in [9.17, 15) is 14.9 Å². The van der Waals surface area contributed by atoms with Gasteiger partial charge in [-0.1, -0.05) is 5.16 Å². The molecule has 9 nitrogen and oxygen atoms in total. The van der Waals surface area contributed by atoms with Gasteiger partial charge in [0.2, 0.25) is 5.82 Å². The summed E-state index contributed by atoms with van der Waals surface area (Å²) in [5.41, 5.74) is 0.232. The van der Waals surface area contributed by atoms with Crippen LogP contribution in [0, 0.1) is 17.0 Å². The van der Waals surface area contributed by atoms with Crippen LogP contribution in [-0.4, -0.2) is 27.8 Å². The van der Waals surface area contributed by atoms with Crippen molar-refractivity contribution < 1.29 is 19.1 Å². The van der Waals surface area contributed by atoms with Crippen LogP contribution < -0.4 is 10.1 Å². The third-order valence-electron chi connectivity index (χ3n) is 2.60. The molecule has 0 aliphatic carbocycles. The number of carbonyl (C=O) groups is 1. The molecule has 1 aromatic carbocycles. The summed E-state index contributed by atoms with van der Waals surface area (Å²) in [6, 6.07) is 3.95. The molecular weight excluding hydrogens is 280 g/mol. The number of nitrogens with zero attached hydrogens (tertiary/aromatic N) is 3. The number of aromatic nitrogens is 2. The third-order valence-corrected chi connectivity index (χ3v) is 2.60. The van der Waals surface area contributed by atoms with Crippen molar-refractivity contribution in [3.05, 3.63) is 39.6 Å². The molecule has 0 unspecified atom stereocenters. The van der Waals surface area contributed by atoms with Crippen LogP contribution in [0.4, 0.5) is 11.5 Å². The van der Waals surface area contributed by atoms with E-state index in [0.29, 0.717) is 5.69 Å². The molecule has 1 aromatic heterocycles. The molecule has 9 heteroatoms. The average molecular weight is 292 g/mol. The summed E-state index contributed by atoms with van der Waals surface area (Å²) in [5, 5.41) is 20.5. The Labute approximate surface area is 119 Å². The van der Waals surface area contributed by atoms with Crippen LogP contribution in [0.25, 0.3) is 0 Å². The maximum absolute atomic E-state index is 12.0. The first-order valence-electron chi connectivity index (χ1n) is 6.04. The lowest BCUT2D eigenvalue weighted by Gasteiger charge is -2.06. The molecule has 2 aromatic rings. The minimum absolute atomic E-state index is 0.104. The Kier molecular flexibility index (Phi) is 4.12. The van der Waals surface area contributed by atoms with Crippen LogP contribution in [-0.2, 0) is 0 Å². The van der Waals surface area contributed by atoms with Crippen molar-refractivity contribution in [2.24, 2.45) is 0 Å². The molecule has 1 amide bonds. The number of ether oxygens (including phenoxy) is 1. The first kappa shape index (κ1) is 14.4. The van der Waals surface area contributed by atoms with Gasteiger partial charge in [0, 0.05) is 11.6 Å². The number of hydrogen-bond donors (Lipinski definition) is 1. The summed E-state index contributed by atoms with van der Waals surface area (Å²) < 4.78 is 9.60. The molecule has 1 N–H and O–H groups in total. The summed E-state index contributed by atoms with van der Waals surface area (Å²) in [6.45, 7) is 3.60. The molecule has 1 heterocycles. The molecule has 0 saturated heterocycles. The largest absolute Gasteiger partial charge is 0.487 e. The number of nitrogens with one attached hydrogen (secondary N) is 1. The number of hydrogen-bond acceptors (Lipinski definition) is 7. The molecule has 0 saturated carbocycles. The van der Waals surface area contributed by atoms with Gasteiger partial charge < -0.3 is 10.1 Å². The fourth-order valence-corrected chi connectivity index (χ4v) is 1.60. The van der Waals surface area contributed by atoms with E-state index in [1.54, 1.807) is 13.8 Å². The quantitative estimate of drug-likeness (QED) is 0.660. The maximum atomic E-state index is 12.0. The van der Waals surface area contributed by atoms with Crippen LogP contribution in [0.5, 0.6) is 5.75 Å². The lowest BCUT2D eigenvalue weighted by molar-refractivity contribution is -0.385.